The third-order valence-corrected chi connectivity index (χ3v) is 4.03. The molecule has 1 aromatic rings. The minimum Gasteiger partial charge on any atom is -0.497 e. The number of hydrogen-bond donors (Lipinski definition) is 2. The lowest BCUT2D eigenvalue weighted by Crippen LogP contribution is -2.40. The average molecular weight is 321 g/mol. The molecule has 1 heterocycles. The molecular weight excluding hydrogens is 294 g/mol. The van der Waals surface area contributed by atoms with Crippen LogP contribution < -0.4 is 14.8 Å². The van der Waals surface area contributed by atoms with E-state index >= 15 is 0 Å². The Kier molecular flexibility index (Phi) is 6.52. The summed E-state index contributed by atoms with van der Waals surface area (Å²) in [6.45, 7) is 5.21. The second-order valence-corrected chi connectivity index (χ2v) is 5.54. The van der Waals surface area contributed by atoms with E-state index in [-0.39, 0.29) is 6.61 Å². The molecule has 6 nitrogen and oxygen atoms in total. The molecular formula is C17H27N3O3. The standard InChI is InChI=1S/C17H27N3O3/c1-4-18-17(19-6-8-21)20-7-5-13(12-20)14-9-15(22-2)11-16(10-14)23-3/h9-11,13,21H,4-8,12H2,1-3H3,(H,18,19). The molecule has 0 spiro atoms. The summed E-state index contributed by atoms with van der Waals surface area (Å²) in [6.07, 6.45) is 1.06. The number of aliphatic imine (C=N–C) groups is 1. The van der Waals surface area contributed by atoms with E-state index in [4.69, 9.17) is 14.6 Å². The highest BCUT2D eigenvalue weighted by molar-refractivity contribution is 5.80. The minimum absolute atomic E-state index is 0.0687. The zero-order valence-corrected chi connectivity index (χ0v) is 14.2. The molecule has 0 radical (unpaired) electrons. The summed E-state index contributed by atoms with van der Waals surface area (Å²) in [5.41, 5.74) is 1.22. The molecule has 1 saturated heterocycles. The van der Waals surface area contributed by atoms with Crippen molar-refractivity contribution < 1.29 is 14.6 Å². The SMILES string of the molecule is CCNC(=NCCO)N1CCC(c2cc(OC)cc(OC)c2)C1. The Morgan fingerprint density at radius 3 is 2.57 bits per heavy atom. The van der Waals surface area contributed by atoms with E-state index in [1.807, 2.05) is 6.07 Å². The van der Waals surface area contributed by atoms with Gasteiger partial charge in [-0.25, -0.2) is 0 Å². The summed E-state index contributed by atoms with van der Waals surface area (Å²) in [4.78, 5) is 6.69. The van der Waals surface area contributed by atoms with E-state index in [2.05, 4.69) is 34.3 Å². The van der Waals surface area contributed by atoms with Crippen molar-refractivity contribution in [1.82, 2.24) is 10.2 Å². The summed E-state index contributed by atoms with van der Waals surface area (Å²) < 4.78 is 10.7. The van der Waals surface area contributed by atoms with Gasteiger partial charge in [-0.2, -0.15) is 0 Å². The Morgan fingerprint density at radius 2 is 2.00 bits per heavy atom. The monoisotopic (exact) mass is 321 g/mol. The molecule has 1 aromatic carbocycles. The number of hydrogen-bond acceptors (Lipinski definition) is 4. The van der Waals surface area contributed by atoms with E-state index in [0.717, 1.165) is 43.5 Å². The number of nitrogens with zero attached hydrogens (tertiary/aromatic N) is 2. The highest BCUT2D eigenvalue weighted by Crippen LogP contribution is 2.32. The number of rotatable bonds is 6. The van der Waals surface area contributed by atoms with Crippen molar-refractivity contribution in [3.8, 4) is 11.5 Å². The maximum absolute atomic E-state index is 8.99. The number of ether oxygens (including phenoxy) is 2. The van der Waals surface area contributed by atoms with Crippen LogP contribution in [-0.4, -0.2) is 63.0 Å². The van der Waals surface area contributed by atoms with Crippen LogP contribution in [-0.2, 0) is 0 Å². The summed E-state index contributed by atoms with van der Waals surface area (Å²) in [6, 6.07) is 6.05. The van der Waals surface area contributed by atoms with Gasteiger partial charge in [0.25, 0.3) is 0 Å². The van der Waals surface area contributed by atoms with Gasteiger partial charge in [0.1, 0.15) is 11.5 Å². The number of likely N-dealkylation sites (tertiary alicyclic amines) is 1. The van der Waals surface area contributed by atoms with E-state index in [1.54, 1.807) is 14.2 Å². The van der Waals surface area contributed by atoms with Crippen LogP contribution in [0.15, 0.2) is 23.2 Å². The first-order valence-corrected chi connectivity index (χ1v) is 8.08. The summed E-state index contributed by atoms with van der Waals surface area (Å²) in [7, 11) is 3.34. The highest BCUT2D eigenvalue weighted by Gasteiger charge is 2.26. The molecule has 1 fully saturated rings. The van der Waals surface area contributed by atoms with E-state index in [1.165, 1.54) is 5.56 Å². The second-order valence-electron chi connectivity index (χ2n) is 5.54. The van der Waals surface area contributed by atoms with E-state index < -0.39 is 0 Å². The van der Waals surface area contributed by atoms with Gasteiger partial charge in [-0.05, 0) is 31.0 Å². The lowest BCUT2D eigenvalue weighted by molar-refractivity contribution is 0.305. The quantitative estimate of drug-likeness (QED) is 0.613. The van der Waals surface area contributed by atoms with E-state index in [0.29, 0.717) is 12.5 Å². The highest BCUT2D eigenvalue weighted by atomic mass is 16.5. The zero-order valence-electron chi connectivity index (χ0n) is 14.2. The van der Waals surface area contributed by atoms with Gasteiger partial charge in [0.2, 0.25) is 0 Å². The Morgan fingerprint density at radius 1 is 1.30 bits per heavy atom. The molecule has 2 N–H and O–H groups in total. The normalized spacial score (nSPS) is 18.2. The first kappa shape index (κ1) is 17.4. The molecule has 6 heteroatoms. The van der Waals surface area contributed by atoms with Crippen molar-refractivity contribution in [3.05, 3.63) is 23.8 Å². The average Bonchev–Trinajstić information content (AvgIpc) is 3.08. The molecule has 1 aliphatic rings. The van der Waals surface area contributed by atoms with Crippen LogP contribution >= 0.6 is 0 Å². The Labute approximate surface area is 138 Å². The van der Waals surface area contributed by atoms with Crippen LogP contribution in [0.3, 0.4) is 0 Å². The molecule has 1 aliphatic heterocycles. The number of aliphatic hydroxyl groups excluding tert-OH is 1. The third-order valence-electron chi connectivity index (χ3n) is 4.03. The molecule has 1 unspecified atom stereocenters. The van der Waals surface area contributed by atoms with Gasteiger partial charge >= 0.3 is 0 Å². The molecule has 23 heavy (non-hydrogen) atoms. The van der Waals surface area contributed by atoms with Crippen LogP contribution in [0.4, 0.5) is 0 Å². The topological polar surface area (TPSA) is 66.3 Å². The van der Waals surface area contributed by atoms with Gasteiger partial charge < -0.3 is 24.8 Å². The predicted octanol–water partition coefficient (Wildman–Crippen LogP) is 1.45. The first-order valence-electron chi connectivity index (χ1n) is 8.08. The third kappa shape index (κ3) is 4.51. The fourth-order valence-electron chi connectivity index (χ4n) is 2.87. The van der Waals surface area contributed by atoms with Gasteiger partial charge in [0.15, 0.2) is 5.96 Å². The van der Waals surface area contributed by atoms with E-state index in [9.17, 15) is 0 Å². The maximum atomic E-state index is 8.99. The molecule has 0 bridgehead atoms. The van der Waals surface area contributed by atoms with Crippen LogP contribution in [0.1, 0.15) is 24.8 Å². The molecule has 1 atom stereocenters. The molecule has 0 amide bonds. The van der Waals surface area contributed by atoms with Gasteiger partial charge in [0.05, 0.1) is 27.4 Å². The number of guanidine groups is 1. The van der Waals surface area contributed by atoms with Crippen molar-refractivity contribution in [2.45, 2.75) is 19.3 Å². The summed E-state index contributed by atoms with van der Waals surface area (Å²) in [5, 5.41) is 12.3. The number of aliphatic hydroxyl groups is 1. The molecule has 0 saturated carbocycles. The summed E-state index contributed by atoms with van der Waals surface area (Å²) >= 11 is 0. The zero-order chi connectivity index (χ0) is 16.7. The Bertz CT molecular complexity index is 512. The smallest absolute Gasteiger partial charge is 0.194 e. The Balaban J connectivity index is 2.12. The van der Waals surface area contributed by atoms with Crippen molar-refractivity contribution in [2.24, 2.45) is 4.99 Å². The van der Waals surface area contributed by atoms with Gasteiger partial charge in [-0.1, -0.05) is 0 Å². The summed E-state index contributed by atoms with van der Waals surface area (Å²) in [5.74, 6) is 2.92. The van der Waals surface area contributed by atoms with Crippen LogP contribution in [0.25, 0.3) is 0 Å². The first-order chi connectivity index (χ1) is 11.2. The molecule has 0 aliphatic carbocycles. The number of nitrogens with one attached hydrogen (secondary N) is 1. The predicted molar refractivity (Wildman–Crippen MR) is 91.5 cm³/mol. The number of methoxy groups -OCH3 is 2. The maximum Gasteiger partial charge on any atom is 0.194 e. The molecule has 128 valence electrons. The molecule has 2 rings (SSSR count). The van der Waals surface area contributed by atoms with Crippen LogP contribution in [0, 0.1) is 0 Å². The van der Waals surface area contributed by atoms with Crippen LogP contribution in [0.5, 0.6) is 11.5 Å². The van der Waals surface area contributed by atoms with Gasteiger partial charge in [-0.15, -0.1) is 0 Å². The van der Waals surface area contributed by atoms with Crippen molar-refractivity contribution in [3.63, 3.8) is 0 Å². The van der Waals surface area contributed by atoms with Crippen LogP contribution in [0.2, 0.25) is 0 Å². The fraction of sp³-hybridized carbons (Fsp3) is 0.588. The Hall–Kier alpha value is -1.95. The lowest BCUT2D eigenvalue weighted by atomic mass is 9.98. The van der Waals surface area contributed by atoms with Crippen molar-refractivity contribution >= 4 is 5.96 Å². The lowest BCUT2D eigenvalue weighted by Gasteiger charge is -2.22. The van der Waals surface area contributed by atoms with Gasteiger partial charge in [0, 0.05) is 31.6 Å². The van der Waals surface area contributed by atoms with Gasteiger partial charge in [-0.3, -0.25) is 4.99 Å². The van der Waals surface area contributed by atoms with Crippen molar-refractivity contribution in [2.75, 3.05) is 47.0 Å². The fourth-order valence-corrected chi connectivity index (χ4v) is 2.87. The van der Waals surface area contributed by atoms with Crippen molar-refractivity contribution in [1.29, 1.82) is 0 Å². The number of benzene rings is 1. The largest absolute Gasteiger partial charge is 0.497 e. The second kappa shape index (κ2) is 8.62. The minimum atomic E-state index is 0.0687. The molecule has 0 aromatic heterocycles.